The summed E-state index contributed by atoms with van der Waals surface area (Å²) in [6.45, 7) is 4.55. The first-order chi connectivity index (χ1) is 21.1. The molecule has 4 aliphatic rings. The molecule has 0 radical (unpaired) electrons. The summed E-state index contributed by atoms with van der Waals surface area (Å²) in [5.41, 5.74) is 0. The number of hydrogen-bond acceptors (Lipinski definition) is 18. The van der Waals surface area contributed by atoms with Crippen molar-refractivity contribution in [2.45, 2.75) is 150 Å². The Labute approximate surface area is 257 Å². The fourth-order valence-electron chi connectivity index (χ4n) is 5.76. The van der Waals surface area contributed by atoms with Crippen LogP contribution in [0.15, 0.2) is 0 Å². The van der Waals surface area contributed by atoms with Crippen LogP contribution in [-0.2, 0) is 38.0 Å². The largest absolute Gasteiger partial charge is 0.394 e. The smallest absolute Gasteiger partial charge is 0.217 e. The van der Waals surface area contributed by atoms with E-state index in [1.807, 2.05) is 0 Å². The Morgan fingerprint density at radius 3 is 1.71 bits per heavy atom. The van der Waals surface area contributed by atoms with E-state index < -0.39 is 135 Å². The number of rotatable bonds is 8. The normalized spacial score (nSPS) is 52.8. The Morgan fingerprint density at radius 2 is 1.09 bits per heavy atom. The summed E-state index contributed by atoms with van der Waals surface area (Å²) in [7, 11) is 0. The number of carbonyl (C=O) groups excluding carboxylic acids is 1. The van der Waals surface area contributed by atoms with Gasteiger partial charge in [0.15, 0.2) is 25.2 Å². The van der Waals surface area contributed by atoms with Crippen LogP contribution >= 0.6 is 0 Å². The lowest BCUT2D eigenvalue weighted by atomic mass is 9.94. The molecule has 19 heteroatoms. The molecule has 19 nitrogen and oxygen atoms in total. The molecule has 1 amide bonds. The maximum atomic E-state index is 11.8. The lowest BCUT2D eigenvalue weighted by Gasteiger charge is -2.50. The van der Waals surface area contributed by atoms with Gasteiger partial charge in [-0.2, -0.15) is 0 Å². The van der Waals surface area contributed by atoms with Crippen molar-refractivity contribution < 1.29 is 89.0 Å². The molecule has 0 aromatic carbocycles. The van der Waals surface area contributed by atoms with Crippen LogP contribution in [0.3, 0.4) is 0 Å². The van der Waals surface area contributed by atoms with E-state index in [1.165, 1.54) is 20.8 Å². The number of nitrogens with one attached hydrogen (secondary N) is 1. The summed E-state index contributed by atoms with van der Waals surface area (Å²) >= 11 is 0. The minimum Gasteiger partial charge on any atom is -0.394 e. The second-order valence-corrected chi connectivity index (χ2v) is 11.8. The molecule has 262 valence electrons. The highest BCUT2D eigenvalue weighted by Crippen LogP contribution is 2.35. The third-order valence-corrected chi connectivity index (χ3v) is 8.50. The van der Waals surface area contributed by atoms with Gasteiger partial charge in [0, 0.05) is 6.92 Å². The second-order valence-electron chi connectivity index (χ2n) is 11.8. The Balaban J connectivity index is 1.69. The summed E-state index contributed by atoms with van der Waals surface area (Å²) in [6, 6.07) is -1.42. The summed E-state index contributed by atoms with van der Waals surface area (Å²) in [5, 5.41) is 108. The summed E-state index contributed by atoms with van der Waals surface area (Å²) in [5.74, 6) is -0.642. The van der Waals surface area contributed by atoms with E-state index >= 15 is 0 Å². The molecule has 0 spiro atoms. The number of amides is 1. The lowest BCUT2D eigenvalue weighted by Crippen LogP contribution is -2.69. The molecule has 0 saturated carbocycles. The van der Waals surface area contributed by atoms with Crippen LogP contribution in [0.2, 0.25) is 0 Å². The maximum Gasteiger partial charge on any atom is 0.217 e. The van der Waals surface area contributed by atoms with Crippen molar-refractivity contribution in [3.8, 4) is 0 Å². The minimum atomic E-state index is -1.83. The Kier molecular flexibility index (Phi) is 12.1. The van der Waals surface area contributed by atoms with Crippen molar-refractivity contribution in [3.05, 3.63) is 0 Å². The number of aliphatic hydroxyl groups excluding tert-OH is 10. The molecule has 11 N–H and O–H groups in total. The molecule has 4 saturated heterocycles. The van der Waals surface area contributed by atoms with Crippen LogP contribution in [-0.4, -0.2) is 186 Å². The number of carbonyl (C=O) groups is 1. The van der Waals surface area contributed by atoms with Crippen LogP contribution in [0, 0.1) is 0 Å². The predicted molar refractivity (Wildman–Crippen MR) is 141 cm³/mol. The molecule has 4 heterocycles. The molecule has 0 aromatic rings. The highest BCUT2D eigenvalue weighted by atomic mass is 16.8. The molecule has 1 unspecified atom stereocenters. The van der Waals surface area contributed by atoms with Crippen molar-refractivity contribution in [1.82, 2.24) is 5.32 Å². The van der Waals surface area contributed by atoms with Gasteiger partial charge in [0.1, 0.15) is 73.2 Å². The van der Waals surface area contributed by atoms with E-state index in [0.29, 0.717) is 0 Å². The van der Waals surface area contributed by atoms with Crippen molar-refractivity contribution in [2.24, 2.45) is 0 Å². The molecule has 4 rings (SSSR count). The summed E-state index contributed by atoms with van der Waals surface area (Å²) < 4.78 is 39.8. The molecule has 0 aliphatic carbocycles. The van der Waals surface area contributed by atoms with Crippen LogP contribution in [0.5, 0.6) is 0 Å². The Morgan fingerprint density at radius 1 is 0.578 bits per heavy atom. The third kappa shape index (κ3) is 7.60. The van der Waals surface area contributed by atoms with Gasteiger partial charge < -0.3 is 89.5 Å². The van der Waals surface area contributed by atoms with E-state index in [9.17, 15) is 55.9 Å². The van der Waals surface area contributed by atoms with Crippen molar-refractivity contribution in [2.75, 3.05) is 6.61 Å². The van der Waals surface area contributed by atoms with Gasteiger partial charge in [0.05, 0.1) is 31.0 Å². The van der Waals surface area contributed by atoms with Crippen LogP contribution < -0.4 is 5.32 Å². The van der Waals surface area contributed by atoms with Gasteiger partial charge in [-0.15, -0.1) is 0 Å². The van der Waals surface area contributed by atoms with E-state index in [-0.39, 0.29) is 0 Å². The van der Waals surface area contributed by atoms with Crippen molar-refractivity contribution in [3.63, 3.8) is 0 Å². The third-order valence-electron chi connectivity index (χ3n) is 8.50. The zero-order valence-corrected chi connectivity index (χ0v) is 25.0. The number of aliphatic hydroxyl groups is 10. The van der Waals surface area contributed by atoms with Gasteiger partial charge in [-0.25, -0.2) is 0 Å². The fourth-order valence-corrected chi connectivity index (χ4v) is 5.76. The fraction of sp³-hybridized carbons (Fsp3) is 0.962. The maximum absolute atomic E-state index is 11.8. The highest BCUT2D eigenvalue weighted by molar-refractivity contribution is 5.73. The molecular formula is C26H45NO18. The predicted octanol–water partition coefficient (Wildman–Crippen LogP) is -6.52. The Bertz CT molecular complexity index is 966. The van der Waals surface area contributed by atoms with Crippen molar-refractivity contribution in [1.29, 1.82) is 0 Å². The molecule has 4 fully saturated rings. The molecule has 0 aromatic heterocycles. The lowest BCUT2D eigenvalue weighted by molar-refractivity contribution is -0.399. The summed E-state index contributed by atoms with van der Waals surface area (Å²) in [6.07, 6.45) is -29.8. The monoisotopic (exact) mass is 659 g/mol. The van der Waals surface area contributed by atoms with Gasteiger partial charge >= 0.3 is 0 Å². The van der Waals surface area contributed by atoms with Crippen LogP contribution in [0.25, 0.3) is 0 Å². The van der Waals surface area contributed by atoms with E-state index in [1.54, 1.807) is 0 Å². The first-order valence-corrected chi connectivity index (χ1v) is 14.7. The molecule has 20 atom stereocenters. The van der Waals surface area contributed by atoms with Crippen LogP contribution in [0.1, 0.15) is 27.7 Å². The van der Waals surface area contributed by atoms with E-state index in [2.05, 4.69) is 5.32 Å². The molecule has 0 bridgehead atoms. The molecule has 45 heavy (non-hydrogen) atoms. The average Bonchev–Trinajstić information content (AvgIpc) is 2.98. The zero-order valence-electron chi connectivity index (χ0n) is 25.0. The SMILES string of the molecule is CC(=O)N[C@H]1[C@@H](O)[C@@H](CO)O[C@H](O[C@H]2[C@H](O[C@@H]3[C@@H](O)[C@H](C)OC(O)[C@@H]3O)O[C@@H](C)[C@H](O)[C@H]2O[C@@H]2O[C@@H](C)[C@H](O)[C@@H](O)[C@H]2O)[C@@H]1O. The first-order valence-electron chi connectivity index (χ1n) is 14.7. The molecular weight excluding hydrogens is 614 g/mol. The quantitative estimate of drug-likeness (QED) is 0.115. The van der Waals surface area contributed by atoms with Gasteiger partial charge in [0.2, 0.25) is 5.91 Å². The van der Waals surface area contributed by atoms with E-state index in [4.69, 9.17) is 33.2 Å². The van der Waals surface area contributed by atoms with Crippen molar-refractivity contribution >= 4 is 5.91 Å². The van der Waals surface area contributed by atoms with Gasteiger partial charge in [0.25, 0.3) is 0 Å². The zero-order chi connectivity index (χ0) is 33.5. The van der Waals surface area contributed by atoms with E-state index in [0.717, 1.165) is 6.92 Å². The van der Waals surface area contributed by atoms with Gasteiger partial charge in [-0.3, -0.25) is 4.79 Å². The Hall–Kier alpha value is -1.21. The summed E-state index contributed by atoms with van der Waals surface area (Å²) in [4.78, 5) is 11.8. The van der Waals surface area contributed by atoms with Gasteiger partial charge in [-0.1, -0.05) is 0 Å². The average molecular weight is 660 g/mol. The number of ether oxygens (including phenoxy) is 7. The topological polar surface area (TPSA) is 296 Å². The minimum absolute atomic E-state index is 0.642. The van der Waals surface area contributed by atoms with Crippen LogP contribution in [0.4, 0.5) is 0 Å². The number of hydrogen-bond donors (Lipinski definition) is 11. The first kappa shape index (κ1) is 36.6. The highest BCUT2D eigenvalue weighted by Gasteiger charge is 2.55. The molecule has 4 aliphatic heterocycles. The van der Waals surface area contributed by atoms with Gasteiger partial charge in [-0.05, 0) is 20.8 Å². The second kappa shape index (κ2) is 14.9. The standard InChI is InChI=1S/C26H45NO18/c1-6-12(30)17(35)18(36)25(40-6)44-21-14(32)8(3)41-26(43-20-13(31)7(2)39-23(38)19(20)37)22(21)45-24-16(34)11(27-9(4)29)15(33)10(5-28)42-24/h6-8,10-26,28,30-38H,5H2,1-4H3,(H,27,29)/t6-,7-,8-,10+,11-,12-,13-,14-,15-,16+,17+,18+,19+,20+,21+,22+,23?,24+,25-,26-/m0/s1.